The first-order valence-corrected chi connectivity index (χ1v) is 7.26. The Morgan fingerprint density at radius 3 is 1.70 bits per heavy atom. The summed E-state index contributed by atoms with van der Waals surface area (Å²) in [5.74, 6) is 0.222. The molecule has 0 amide bonds. The molecule has 0 spiro atoms. The van der Waals surface area contributed by atoms with Crippen LogP contribution < -0.4 is 9.47 Å². The normalized spacial score (nSPS) is 11.0. The first-order chi connectivity index (χ1) is 10.9. The fourth-order valence-electron chi connectivity index (χ4n) is 1.88. The van der Waals surface area contributed by atoms with Gasteiger partial charge in [0.1, 0.15) is 11.5 Å². The van der Waals surface area contributed by atoms with Gasteiger partial charge in [0.25, 0.3) is 0 Å². The Hall–Kier alpha value is -2.59. The van der Waals surface area contributed by atoms with Gasteiger partial charge in [-0.3, -0.25) is 9.59 Å². The van der Waals surface area contributed by atoms with Crippen LogP contribution in [0.3, 0.4) is 0 Å². The van der Waals surface area contributed by atoms with Gasteiger partial charge in [0.15, 0.2) is 0 Å². The van der Waals surface area contributed by atoms with Crippen molar-refractivity contribution in [1.29, 1.82) is 0 Å². The number of halogens is 1. The average molecular weight is 331 g/mol. The SMILES string of the molecule is CC(=O)Oc1ccc(/C=C(\Cl)c2ccc(OC(C)=O)cc2)cc1. The molecule has 2 rings (SSSR count). The Morgan fingerprint density at radius 1 is 0.826 bits per heavy atom. The van der Waals surface area contributed by atoms with E-state index in [9.17, 15) is 9.59 Å². The van der Waals surface area contributed by atoms with Crippen molar-refractivity contribution in [3.05, 3.63) is 59.7 Å². The van der Waals surface area contributed by atoms with Crippen molar-refractivity contribution in [2.45, 2.75) is 13.8 Å². The van der Waals surface area contributed by atoms with E-state index in [0.717, 1.165) is 11.1 Å². The first-order valence-electron chi connectivity index (χ1n) is 6.88. The van der Waals surface area contributed by atoms with Crippen LogP contribution in [0.4, 0.5) is 0 Å². The molecule has 23 heavy (non-hydrogen) atoms. The van der Waals surface area contributed by atoms with Gasteiger partial charge in [0.05, 0.1) is 0 Å². The second-order valence-electron chi connectivity index (χ2n) is 4.77. The third kappa shape index (κ3) is 5.27. The lowest BCUT2D eigenvalue weighted by atomic mass is 10.1. The van der Waals surface area contributed by atoms with E-state index in [4.69, 9.17) is 21.1 Å². The van der Waals surface area contributed by atoms with Crippen LogP contribution in [0.25, 0.3) is 11.1 Å². The highest BCUT2D eigenvalue weighted by Gasteiger charge is 2.02. The summed E-state index contributed by atoms with van der Waals surface area (Å²) in [6.07, 6.45) is 1.79. The van der Waals surface area contributed by atoms with Crippen LogP contribution in [-0.4, -0.2) is 11.9 Å². The maximum absolute atomic E-state index is 10.9. The predicted octanol–water partition coefficient (Wildman–Crippen LogP) is 4.27. The minimum atomic E-state index is -0.368. The zero-order valence-corrected chi connectivity index (χ0v) is 13.5. The van der Waals surface area contributed by atoms with Crippen LogP contribution in [0.5, 0.6) is 11.5 Å². The number of ether oxygens (including phenoxy) is 2. The summed E-state index contributed by atoms with van der Waals surface area (Å²) >= 11 is 6.29. The van der Waals surface area contributed by atoms with Crippen molar-refractivity contribution in [1.82, 2.24) is 0 Å². The predicted molar refractivity (Wildman–Crippen MR) is 89.2 cm³/mol. The molecule has 0 saturated carbocycles. The molecular formula is C18H15ClO4. The van der Waals surface area contributed by atoms with Crippen LogP contribution in [0.2, 0.25) is 0 Å². The maximum atomic E-state index is 10.9. The number of rotatable bonds is 4. The number of hydrogen-bond acceptors (Lipinski definition) is 4. The van der Waals surface area contributed by atoms with E-state index in [1.807, 2.05) is 0 Å². The Labute approximate surface area is 139 Å². The topological polar surface area (TPSA) is 52.6 Å². The molecular weight excluding hydrogens is 316 g/mol. The molecule has 0 unspecified atom stereocenters. The molecule has 5 heteroatoms. The summed E-state index contributed by atoms with van der Waals surface area (Å²) in [6, 6.07) is 13.9. The van der Waals surface area contributed by atoms with E-state index in [-0.39, 0.29) is 11.9 Å². The van der Waals surface area contributed by atoms with E-state index in [1.54, 1.807) is 54.6 Å². The van der Waals surface area contributed by atoms with E-state index in [2.05, 4.69) is 0 Å². The Bertz CT molecular complexity index is 731. The van der Waals surface area contributed by atoms with Crippen molar-refractivity contribution >= 4 is 34.6 Å². The van der Waals surface area contributed by atoms with E-state index in [0.29, 0.717) is 16.5 Å². The quantitative estimate of drug-likeness (QED) is 0.477. The van der Waals surface area contributed by atoms with Crippen molar-refractivity contribution in [3.8, 4) is 11.5 Å². The minimum Gasteiger partial charge on any atom is -0.427 e. The molecule has 0 bridgehead atoms. The molecule has 0 aliphatic rings. The number of carbonyl (C=O) groups excluding carboxylic acids is 2. The van der Waals surface area contributed by atoms with E-state index >= 15 is 0 Å². The van der Waals surface area contributed by atoms with E-state index in [1.165, 1.54) is 13.8 Å². The van der Waals surface area contributed by atoms with Crippen LogP contribution in [0.1, 0.15) is 25.0 Å². The molecule has 2 aromatic rings. The van der Waals surface area contributed by atoms with Crippen LogP contribution >= 0.6 is 11.6 Å². The van der Waals surface area contributed by atoms with Crippen molar-refractivity contribution in [3.63, 3.8) is 0 Å². The Kier molecular flexibility index (Phi) is 5.55. The zero-order valence-electron chi connectivity index (χ0n) is 12.7. The molecule has 0 aliphatic heterocycles. The maximum Gasteiger partial charge on any atom is 0.308 e. The molecule has 118 valence electrons. The highest BCUT2D eigenvalue weighted by Crippen LogP contribution is 2.25. The largest absolute Gasteiger partial charge is 0.427 e. The Balaban J connectivity index is 2.12. The van der Waals surface area contributed by atoms with Gasteiger partial charge < -0.3 is 9.47 Å². The van der Waals surface area contributed by atoms with Crippen LogP contribution in [0, 0.1) is 0 Å². The Morgan fingerprint density at radius 2 is 1.26 bits per heavy atom. The number of benzene rings is 2. The molecule has 0 N–H and O–H groups in total. The molecule has 4 nitrogen and oxygen atoms in total. The van der Waals surface area contributed by atoms with Gasteiger partial charge in [0.2, 0.25) is 0 Å². The van der Waals surface area contributed by atoms with Crippen molar-refractivity contribution in [2.75, 3.05) is 0 Å². The van der Waals surface area contributed by atoms with Gasteiger partial charge in [-0.1, -0.05) is 23.7 Å². The lowest BCUT2D eigenvalue weighted by molar-refractivity contribution is -0.132. The van der Waals surface area contributed by atoms with Crippen LogP contribution in [-0.2, 0) is 9.59 Å². The molecule has 0 saturated heterocycles. The molecule has 0 aromatic heterocycles. The van der Waals surface area contributed by atoms with Gasteiger partial charge in [-0.15, -0.1) is 0 Å². The second-order valence-corrected chi connectivity index (χ2v) is 5.18. The summed E-state index contributed by atoms with van der Waals surface area (Å²) in [7, 11) is 0. The highest BCUT2D eigenvalue weighted by molar-refractivity contribution is 6.51. The molecule has 0 aliphatic carbocycles. The minimum absolute atomic E-state index is 0.362. The standard InChI is InChI=1S/C18H15ClO4/c1-12(20)22-16-7-3-14(4-8-16)11-18(19)15-5-9-17(10-6-15)23-13(2)21/h3-11H,1-2H3/b18-11-. The molecule has 2 aromatic carbocycles. The highest BCUT2D eigenvalue weighted by atomic mass is 35.5. The molecule has 0 heterocycles. The number of carbonyl (C=O) groups is 2. The number of hydrogen-bond donors (Lipinski definition) is 0. The smallest absolute Gasteiger partial charge is 0.308 e. The second kappa shape index (κ2) is 7.61. The molecule has 0 radical (unpaired) electrons. The summed E-state index contributed by atoms with van der Waals surface area (Å²) in [5.41, 5.74) is 1.67. The van der Waals surface area contributed by atoms with Crippen molar-refractivity contribution in [2.24, 2.45) is 0 Å². The van der Waals surface area contributed by atoms with Crippen LogP contribution in [0.15, 0.2) is 48.5 Å². The van der Waals surface area contributed by atoms with Gasteiger partial charge in [-0.25, -0.2) is 0 Å². The third-order valence-electron chi connectivity index (χ3n) is 2.83. The van der Waals surface area contributed by atoms with Gasteiger partial charge >= 0.3 is 11.9 Å². The summed E-state index contributed by atoms with van der Waals surface area (Å²) in [6.45, 7) is 2.70. The fraction of sp³-hybridized carbons (Fsp3) is 0.111. The fourth-order valence-corrected chi connectivity index (χ4v) is 2.13. The lowest BCUT2D eigenvalue weighted by Gasteiger charge is -2.04. The third-order valence-corrected chi connectivity index (χ3v) is 3.15. The van der Waals surface area contributed by atoms with E-state index < -0.39 is 0 Å². The number of esters is 2. The van der Waals surface area contributed by atoms with Gasteiger partial charge in [-0.2, -0.15) is 0 Å². The monoisotopic (exact) mass is 330 g/mol. The summed E-state index contributed by atoms with van der Waals surface area (Å²) in [5, 5.41) is 0.541. The summed E-state index contributed by atoms with van der Waals surface area (Å²) < 4.78 is 9.94. The van der Waals surface area contributed by atoms with Gasteiger partial charge in [0, 0.05) is 18.9 Å². The van der Waals surface area contributed by atoms with Crippen molar-refractivity contribution < 1.29 is 19.1 Å². The summed E-state index contributed by atoms with van der Waals surface area (Å²) in [4.78, 5) is 21.7. The molecule has 0 fully saturated rings. The zero-order chi connectivity index (χ0) is 16.8. The van der Waals surface area contributed by atoms with Gasteiger partial charge in [-0.05, 0) is 53.6 Å². The average Bonchev–Trinajstić information content (AvgIpc) is 2.49. The lowest BCUT2D eigenvalue weighted by Crippen LogP contribution is -2.01. The molecule has 0 atom stereocenters. The first kappa shape index (κ1) is 16.8.